The van der Waals surface area contributed by atoms with Gasteiger partial charge in [-0.1, -0.05) is 0 Å². The van der Waals surface area contributed by atoms with E-state index < -0.39 is 17.7 Å². The molecule has 1 aromatic heterocycles. The molecule has 2 atom stereocenters. The highest BCUT2D eigenvalue weighted by molar-refractivity contribution is 5.01. The van der Waals surface area contributed by atoms with Gasteiger partial charge in [-0.05, 0) is 20.8 Å². The highest BCUT2D eigenvalue weighted by Crippen LogP contribution is 2.26. The normalized spacial score (nSPS) is 28.3. The van der Waals surface area contributed by atoms with Gasteiger partial charge in [0.2, 0.25) is 0 Å². The number of aromatic nitrogens is 2. The van der Waals surface area contributed by atoms with E-state index in [2.05, 4.69) is 4.98 Å². The Labute approximate surface area is 127 Å². The molecule has 0 aliphatic carbocycles. The average molecular weight is 311 g/mol. The molecule has 1 aromatic rings. The molecule has 22 heavy (non-hydrogen) atoms. The van der Waals surface area contributed by atoms with Crippen LogP contribution in [0.1, 0.15) is 32.1 Å². The fourth-order valence-electron chi connectivity index (χ4n) is 2.74. The smallest absolute Gasteiger partial charge is 0.330 e. The van der Waals surface area contributed by atoms with Crippen molar-refractivity contribution < 1.29 is 14.3 Å². The van der Waals surface area contributed by atoms with Crippen molar-refractivity contribution in [2.24, 2.45) is 0 Å². The Morgan fingerprint density at radius 1 is 1.41 bits per heavy atom. The predicted octanol–water partition coefficient (Wildman–Crippen LogP) is 0.132. The number of H-pyrrole nitrogens is 1. The van der Waals surface area contributed by atoms with Gasteiger partial charge in [0.05, 0.1) is 19.3 Å². The van der Waals surface area contributed by atoms with Crippen molar-refractivity contribution in [3.8, 4) is 0 Å². The summed E-state index contributed by atoms with van der Waals surface area (Å²) in [7, 11) is 0. The van der Waals surface area contributed by atoms with Crippen LogP contribution in [-0.4, -0.2) is 46.2 Å². The maximum Gasteiger partial charge on any atom is 0.330 e. The molecular formula is C14H21N3O5. The van der Waals surface area contributed by atoms with Gasteiger partial charge in [-0.3, -0.25) is 19.2 Å². The molecule has 0 saturated carbocycles. The molecule has 2 aliphatic heterocycles. The number of nitrogens with zero attached hydrogens (tertiary/aromatic N) is 2. The molecule has 0 aromatic carbocycles. The Morgan fingerprint density at radius 3 is 2.86 bits per heavy atom. The highest BCUT2D eigenvalue weighted by atomic mass is 16.8. The SMILES string of the molecule is Cc1cn([C@H]2CCN(CC3COC(C)(C)O3)O2)c(=O)[nH]c1=O. The van der Waals surface area contributed by atoms with Crippen molar-refractivity contribution in [2.75, 3.05) is 19.7 Å². The molecular weight excluding hydrogens is 290 g/mol. The van der Waals surface area contributed by atoms with E-state index in [4.69, 9.17) is 14.3 Å². The third-order valence-corrected chi connectivity index (χ3v) is 3.83. The lowest BCUT2D eigenvalue weighted by Gasteiger charge is -2.21. The molecule has 122 valence electrons. The number of nitrogens with one attached hydrogen (secondary N) is 1. The predicted molar refractivity (Wildman–Crippen MR) is 77.3 cm³/mol. The summed E-state index contributed by atoms with van der Waals surface area (Å²) >= 11 is 0. The van der Waals surface area contributed by atoms with Crippen LogP contribution in [0, 0.1) is 6.92 Å². The van der Waals surface area contributed by atoms with Crippen molar-refractivity contribution in [2.45, 2.75) is 45.3 Å². The van der Waals surface area contributed by atoms with E-state index in [0.717, 1.165) is 0 Å². The molecule has 0 spiro atoms. The van der Waals surface area contributed by atoms with E-state index in [0.29, 0.717) is 31.7 Å². The molecule has 2 saturated heterocycles. The zero-order chi connectivity index (χ0) is 15.9. The van der Waals surface area contributed by atoms with Crippen LogP contribution in [0.2, 0.25) is 0 Å². The molecule has 3 heterocycles. The molecule has 3 rings (SSSR count). The molecule has 1 unspecified atom stereocenters. The topological polar surface area (TPSA) is 85.8 Å². The standard InChI is InChI=1S/C14H21N3O5/c1-9-6-17(13(19)15-12(9)18)11-4-5-16(22-11)7-10-8-20-14(2,3)21-10/h6,10-11H,4-5,7-8H2,1-3H3,(H,15,18,19)/t10?,11-/m1/s1. The lowest BCUT2D eigenvalue weighted by atomic mass is 10.3. The van der Waals surface area contributed by atoms with Gasteiger partial charge in [-0.15, -0.1) is 0 Å². The molecule has 0 amide bonds. The minimum atomic E-state index is -0.559. The molecule has 0 bridgehead atoms. The van der Waals surface area contributed by atoms with E-state index in [1.807, 2.05) is 13.8 Å². The number of hydroxylamine groups is 2. The molecule has 8 nitrogen and oxygen atoms in total. The summed E-state index contributed by atoms with van der Waals surface area (Å²) in [6, 6.07) is 0. The van der Waals surface area contributed by atoms with Gasteiger partial charge in [-0.2, -0.15) is 5.06 Å². The second kappa shape index (κ2) is 5.62. The molecule has 8 heteroatoms. The first-order valence-electron chi connectivity index (χ1n) is 7.40. The van der Waals surface area contributed by atoms with E-state index >= 15 is 0 Å². The molecule has 2 aliphatic rings. The third kappa shape index (κ3) is 3.14. The van der Waals surface area contributed by atoms with Crippen molar-refractivity contribution >= 4 is 0 Å². The number of aryl methyl sites for hydroxylation is 1. The molecule has 1 N–H and O–H groups in total. The Kier molecular flexibility index (Phi) is 3.94. The average Bonchev–Trinajstić information content (AvgIpc) is 3.01. The van der Waals surface area contributed by atoms with Crippen molar-refractivity contribution in [3.63, 3.8) is 0 Å². The van der Waals surface area contributed by atoms with Crippen LogP contribution in [0.5, 0.6) is 0 Å². The quantitative estimate of drug-likeness (QED) is 0.854. The van der Waals surface area contributed by atoms with Crippen LogP contribution >= 0.6 is 0 Å². The van der Waals surface area contributed by atoms with Crippen LogP contribution in [0.15, 0.2) is 15.8 Å². The molecule has 0 radical (unpaired) electrons. The lowest BCUT2D eigenvalue weighted by molar-refractivity contribution is -0.193. The Balaban J connectivity index is 1.64. The summed E-state index contributed by atoms with van der Waals surface area (Å²) < 4.78 is 12.7. The Morgan fingerprint density at radius 2 is 2.18 bits per heavy atom. The Bertz CT molecular complexity index is 665. The van der Waals surface area contributed by atoms with Crippen molar-refractivity contribution in [3.05, 3.63) is 32.6 Å². The zero-order valence-electron chi connectivity index (χ0n) is 13.0. The van der Waals surface area contributed by atoms with Crippen LogP contribution < -0.4 is 11.2 Å². The minimum absolute atomic E-state index is 0.0530. The van der Waals surface area contributed by atoms with E-state index in [9.17, 15) is 9.59 Å². The van der Waals surface area contributed by atoms with Gasteiger partial charge in [0.1, 0.15) is 0 Å². The monoisotopic (exact) mass is 311 g/mol. The Hall–Kier alpha value is -1.48. The van der Waals surface area contributed by atoms with E-state index in [1.54, 1.807) is 12.0 Å². The number of hydrogen-bond acceptors (Lipinski definition) is 6. The maximum absolute atomic E-state index is 11.9. The van der Waals surface area contributed by atoms with Crippen LogP contribution in [0.25, 0.3) is 0 Å². The van der Waals surface area contributed by atoms with Crippen LogP contribution in [0.3, 0.4) is 0 Å². The highest BCUT2D eigenvalue weighted by Gasteiger charge is 2.36. The zero-order valence-corrected chi connectivity index (χ0v) is 13.0. The second-order valence-corrected chi connectivity index (χ2v) is 6.17. The third-order valence-electron chi connectivity index (χ3n) is 3.83. The molecule has 2 fully saturated rings. The van der Waals surface area contributed by atoms with Gasteiger partial charge < -0.3 is 9.47 Å². The van der Waals surface area contributed by atoms with E-state index in [-0.39, 0.29) is 11.7 Å². The van der Waals surface area contributed by atoms with Crippen LogP contribution in [-0.2, 0) is 14.3 Å². The number of hydrogen-bond donors (Lipinski definition) is 1. The largest absolute Gasteiger partial charge is 0.348 e. The van der Waals surface area contributed by atoms with Gasteiger partial charge in [-0.25, -0.2) is 4.79 Å². The fraction of sp³-hybridized carbons (Fsp3) is 0.714. The van der Waals surface area contributed by atoms with Crippen molar-refractivity contribution in [1.29, 1.82) is 0 Å². The summed E-state index contributed by atoms with van der Waals surface area (Å²) in [4.78, 5) is 31.4. The summed E-state index contributed by atoms with van der Waals surface area (Å²) in [5.41, 5.74) is -0.338. The van der Waals surface area contributed by atoms with Crippen LogP contribution in [0.4, 0.5) is 0 Å². The number of ether oxygens (including phenoxy) is 2. The minimum Gasteiger partial charge on any atom is -0.348 e. The second-order valence-electron chi connectivity index (χ2n) is 6.17. The number of aromatic amines is 1. The van der Waals surface area contributed by atoms with Gasteiger partial charge in [0, 0.05) is 24.7 Å². The first-order chi connectivity index (χ1) is 10.3. The summed E-state index contributed by atoms with van der Waals surface area (Å²) in [5.74, 6) is -0.559. The fourth-order valence-corrected chi connectivity index (χ4v) is 2.74. The van der Waals surface area contributed by atoms with Gasteiger partial charge in [0.25, 0.3) is 5.56 Å². The van der Waals surface area contributed by atoms with Gasteiger partial charge >= 0.3 is 5.69 Å². The van der Waals surface area contributed by atoms with Gasteiger partial charge in [0.15, 0.2) is 12.0 Å². The van der Waals surface area contributed by atoms with Crippen molar-refractivity contribution in [1.82, 2.24) is 14.6 Å². The first kappa shape index (κ1) is 15.4. The first-order valence-corrected chi connectivity index (χ1v) is 7.40. The maximum atomic E-state index is 11.9. The van der Waals surface area contributed by atoms with E-state index in [1.165, 1.54) is 10.8 Å². The summed E-state index contributed by atoms with van der Waals surface area (Å²) in [5, 5.41) is 1.78. The number of rotatable bonds is 3. The summed E-state index contributed by atoms with van der Waals surface area (Å²) in [6.45, 7) is 7.21. The lowest BCUT2D eigenvalue weighted by Crippen LogP contribution is -2.35. The summed E-state index contributed by atoms with van der Waals surface area (Å²) in [6.07, 6.45) is 1.75.